The van der Waals surface area contributed by atoms with Crippen molar-refractivity contribution in [1.29, 1.82) is 5.41 Å². The van der Waals surface area contributed by atoms with Crippen LogP contribution in [0.2, 0.25) is 0 Å². The van der Waals surface area contributed by atoms with Crippen LogP contribution < -0.4 is 21.6 Å². The van der Waals surface area contributed by atoms with Crippen LogP contribution in [-0.2, 0) is 18.4 Å². The summed E-state index contributed by atoms with van der Waals surface area (Å²) in [5, 5.41) is 19.4. The molecule has 0 radical (unpaired) electrons. The molecule has 36 heavy (non-hydrogen) atoms. The average molecular weight is 503 g/mol. The molecule has 3 heterocycles. The summed E-state index contributed by atoms with van der Waals surface area (Å²) in [6.07, 6.45) is 11.9. The van der Waals surface area contributed by atoms with E-state index in [4.69, 9.17) is 5.41 Å². The molecule has 4 aliphatic rings. The second-order valence-corrected chi connectivity index (χ2v) is 12.7. The van der Waals surface area contributed by atoms with E-state index in [0.717, 1.165) is 38.8 Å². The third-order valence-electron chi connectivity index (χ3n) is 9.68. The second-order valence-electron chi connectivity index (χ2n) is 12.7. The van der Waals surface area contributed by atoms with Gasteiger partial charge in [0.1, 0.15) is 6.17 Å². The monoisotopic (exact) mass is 502 g/mol. The van der Waals surface area contributed by atoms with E-state index in [-0.39, 0.29) is 24.0 Å². The molecule has 0 bridgehead atoms. The van der Waals surface area contributed by atoms with Crippen LogP contribution >= 0.6 is 0 Å². The second kappa shape index (κ2) is 11.0. The van der Waals surface area contributed by atoms with Crippen molar-refractivity contribution in [3.8, 4) is 0 Å². The summed E-state index contributed by atoms with van der Waals surface area (Å²) in [6, 6.07) is 0.564. The Kier molecular flexibility index (Phi) is 7.92. The van der Waals surface area contributed by atoms with Gasteiger partial charge < -0.3 is 25.1 Å². The van der Waals surface area contributed by atoms with Gasteiger partial charge in [0.15, 0.2) is 0 Å². The number of imidazole rings is 1. The zero-order valence-electron chi connectivity index (χ0n) is 22.4. The predicted molar refractivity (Wildman–Crippen MR) is 139 cm³/mol. The third-order valence-corrected chi connectivity index (χ3v) is 9.68. The summed E-state index contributed by atoms with van der Waals surface area (Å²) in [4.78, 5) is 13.8. The van der Waals surface area contributed by atoms with Crippen LogP contribution in [0, 0.1) is 35.0 Å². The van der Waals surface area contributed by atoms with Crippen LogP contribution in [0.3, 0.4) is 0 Å². The van der Waals surface area contributed by atoms with Gasteiger partial charge in [-0.25, -0.2) is 4.39 Å². The first-order valence-corrected chi connectivity index (χ1v) is 14.5. The molecule has 2 saturated carbocycles. The average Bonchev–Trinajstić information content (AvgIpc) is 3.64. The number of halogens is 1. The lowest BCUT2D eigenvalue weighted by Gasteiger charge is -2.44. The van der Waals surface area contributed by atoms with Crippen molar-refractivity contribution in [3.05, 3.63) is 18.0 Å². The molecule has 2 saturated heterocycles. The van der Waals surface area contributed by atoms with Crippen molar-refractivity contribution in [2.75, 3.05) is 6.54 Å². The first-order chi connectivity index (χ1) is 17.3. The highest BCUT2D eigenvalue weighted by molar-refractivity contribution is 5.82. The molecule has 4 fully saturated rings. The highest BCUT2D eigenvalue weighted by atomic mass is 19.1. The number of hydrogen-bond acceptors (Lipinski definition) is 4. The van der Waals surface area contributed by atoms with Gasteiger partial charge in [-0.2, -0.15) is 0 Å². The summed E-state index contributed by atoms with van der Waals surface area (Å²) >= 11 is 0. The van der Waals surface area contributed by atoms with E-state index < -0.39 is 6.17 Å². The summed E-state index contributed by atoms with van der Waals surface area (Å²) in [5.74, 6) is 2.45. The number of amides is 1. The molecule has 9 atom stereocenters. The van der Waals surface area contributed by atoms with Gasteiger partial charge in [0.25, 0.3) is 0 Å². The van der Waals surface area contributed by atoms with Crippen LogP contribution in [0.5, 0.6) is 0 Å². The van der Waals surface area contributed by atoms with Crippen molar-refractivity contribution >= 4 is 5.91 Å². The number of aryl methyl sites for hydroxylation is 1. The molecule has 2 aliphatic heterocycles. The number of carbonyl (C=O) groups excluding carboxylic acids is 1. The molecule has 4 N–H and O–H groups in total. The molecule has 1 amide bonds. The maximum absolute atomic E-state index is 14.1. The maximum atomic E-state index is 14.1. The van der Waals surface area contributed by atoms with Gasteiger partial charge >= 0.3 is 0 Å². The van der Waals surface area contributed by atoms with E-state index in [2.05, 4.69) is 29.8 Å². The van der Waals surface area contributed by atoms with E-state index in [1.165, 1.54) is 19.3 Å². The Morgan fingerprint density at radius 1 is 1.14 bits per heavy atom. The van der Waals surface area contributed by atoms with Gasteiger partial charge in [-0.3, -0.25) is 10.2 Å². The molecule has 1 aromatic rings. The number of alkyl halides is 1. The summed E-state index contributed by atoms with van der Waals surface area (Å²) < 4.78 is 17.9. The Balaban J connectivity index is 1.31. The molecule has 1 aromatic heterocycles. The molecule has 0 spiro atoms. The number of hydrogen-bond donors (Lipinski definition) is 4. The quantitative estimate of drug-likeness (QED) is 0.462. The Morgan fingerprint density at radius 2 is 1.94 bits per heavy atom. The Bertz CT molecular complexity index is 956. The summed E-state index contributed by atoms with van der Waals surface area (Å²) in [7, 11) is 1.90. The fourth-order valence-corrected chi connectivity index (χ4v) is 7.41. The molecule has 9 unspecified atom stereocenters. The smallest absolute Gasteiger partial charge is 0.237 e. The fourth-order valence-electron chi connectivity index (χ4n) is 7.41. The minimum Gasteiger partial charge on any atom is -0.350 e. The van der Waals surface area contributed by atoms with E-state index in [1.807, 2.05) is 28.6 Å². The van der Waals surface area contributed by atoms with E-state index >= 15 is 0 Å². The van der Waals surface area contributed by atoms with Gasteiger partial charge in [0.05, 0.1) is 6.04 Å². The van der Waals surface area contributed by atoms with E-state index in [9.17, 15) is 9.18 Å². The number of rotatable bonds is 7. The van der Waals surface area contributed by atoms with E-state index in [1.54, 1.807) is 0 Å². The molecule has 5 rings (SSSR count). The zero-order chi connectivity index (χ0) is 25.4. The SMILES string of the molecule is CC1CCNC(C(NC(=O)C2CC(Cn3ccn(C)c3=N)CC(C3CCC(F)CC3C)N2)C2CC2)C1. The molecular weight excluding hydrogens is 455 g/mol. The minimum absolute atomic E-state index is 0.137. The van der Waals surface area contributed by atoms with Crippen molar-refractivity contribution in [2.45, 2.75) is 109 Å². The van der Waals surface area contributed by atoms with Gasteiger partial charge in [0, 0.05) is 44.1 Å². The number of nitrogens with one attached hydrogen (secondary N) is 4. The lowest BCUT2D eigenvalue weighted by atomic mass is 9.71. The van der Waals surface area contributed by atoms with Crippen LogP contribution in [0.4, 0.5) is 4.39 Å². The number of nitrogens with zero attached hydrogens (tertiary/aromatic N) is 2. The van der Waals surface area contributed by atoms with Crippen LogP contribution in [0.1, 0.15) is 71.6 Å². The lowest BCUT2D eigenvalue weighted by molar-refractivity contribution is -0.126. The van der Waals surface area contributed by atoms with Crippen molar-refractivity contribution < 1.29 is 9.18 Å². The molecule has 7 nitrogen and oxygen atoms in total. The largest absolute Gasteiger partial charge is 0.350 e. The topological polar surface area (TPSA) is 86.9 Å². The third kappa shape index (κ3) is 5.90. The zero-order valence-corrected chi connectivity index (χ0v) is 22.4. The Labute approximate surface area is 215 Å². The number of piperidine rings is 2. The molecular formula is C28H47FN6O. The Hall–Kier alpha value is -1.67. The lowest BCUT2D eigenvalue weighted by Crippen LogP contribution is -2.61. The normalized spacial score (nSPS) is 38.4. The van der Waals surface area contributed by atoms with Crippen molar-refractivity contribution in [1.82, 2.24) is 25.1 Å². The van der Waals surface area contributed by atoms with Gasteiger partial charge in [-0.05, 0) is 93.9 Å². The summed E-state index contributed by atoms with van der Waals surface area (Å²) in [6.45, 7) is 6.30. The fraction of sp³-hybridized carbons (Fsp3) is 0.857. The van der Waals surface area contributed by atoms with Gasteiger partial charge in [-0.1, -0.05) is 13.8 Å². The maximum Gasteiger partial charge on any atom is 0.237 e. The first kappa shape index (κ1) is 26.0. The highest BCUT2D eigenvalue weighted by Gasteiger charge is 2.43. The Morgan fingerprint density at radius 3 is 2.61 bits per heavy atom. The van der Waals surface area contributed by atoms with Crippen molar-refractivity contribution in [3.63, 3.8) is 0 Å². The molecule has 202 valence electrons. The highest BCUT2D eigenvalue weighted by Crippen LogP contribution is 2.39. The molecule has 2 aliphatic carbocycles. The number of carbonyl (C=O) groups is 1. The van der Waals surface area contributed by atoms with Crippen LogP contribution in [-0.4, -0.2) is 51.9 Å². The van der Waals surface area contributed by atoms with Crippen LogP contribution in [0.15, 0.2) is 12.4 Å². The van der Waals surface area contributed by atoms with E-state index in [0.29, 0.717) is 54.1 Å². The molecule has 8 heteroatoms. The minimum atomic E-state index is -0.690. The van der Waals surface area contributed by atoms with Crippen molar-refractivity contribution in [2.24, 2.45) is 36.6 Å². The molecule has 0 aromatic carbocycles. The van der Waals surface area contributed by atoms with Gasteiger partial charge in [0.2, 0.25) is 11.5 Å². The predicted octanol–water partition coefficient (Wildman–Crippen LogP) is 3.10. The number of aromatic nitrogens is 2. The first-order valence-electron chi connectivity index (χ1n) is 14.5. The summed E-state index contributed by atoms with van der Waals surface area (Å²) in [5.41, 5.74) is 0.490. The standard InChI is InChI=1S/C28H47FN6O/c1-17-8-9-31-24(12-17)26(20-4-5-20)33-27(36)25-15-19(16-35-11-10-34(3)28(35)30)14-23(32-25)22-7-6-21(29)13-18(22)2/h10-11,17-26,30-32H,4-9,12-16H2,1-3H3,(H,33,36). The van der Waals surface area contributed by atoms with Gasteiger partial charge in [-0.15, -0.1) is 0 Å². The van der Waals surface area contributed by atoms with Crippen LogP contribution in [0.25, 0.3) is 0 Å².